The summed E-state index contributed by atoms with van der Waals surface area (Å²) in [5, 5.41) is 8.75. The quantitative estimate of drug-likeness (QED) is 0.591. The number of carboxylic acids is 1. The fourth-order valence-electron chi connectivity index (χ4n) is 2.27. The third-order valence-corrected chi connectivity index (χ3v) is 2.98. The summed E-state index contributed by atoms with van der Waals surface area (Å²) in [4.78, 5) is 12.8. The highest BCUT2D eigenvalue weighted by Crippen LogP contribution is 2.51. The van der Waals surface area contributed by atoms with Crippen molar-refractivity contribution in [1.29, 1.82) is 0 Å². The predicted molar refractivity (Wildman–Crippen MR) is 40.2 cm³/mol. The van der Waals surface area contributed by atoms with Crippen molar-refractivity contribution >= 4 is 5.97 Å². The first-order chi connectivity index (χ1) is 5.20. The molecule has 3 heteroatoms. The number of carbonyl (C=O) groups is 1. The maximum atomic E-state index is 10.6. The summed E-state index contributed by atoms with van der Waals surface area (Å²) in [6.45, 7) is 2.06. The van der Waals surface area contributed by atoms with Crippen molar-refractivity contribution in [3.8, 4) is 0 Å². The fourth-order valence-corrected chi connectivity index (χ4v) is 2.27. The van der Waals surface area contributed by atoms with Crippen molar-refractivity contribution in [2.24, 2.45) is 17.8 Å². The lowest BCUT2D eigenvalue weighted by Crippen LogP contribution is -2.27. The third-order valence-electron chi connectivity index (χ3n) is 2.98. The molecular formula is C8H13NO2. The van der Waals surface area contributed by atoms with Crippen LogP contribution in [0.5, 0.6) is 0 Å². The van der Waals surface area contributed by atoms with E-state index in [2.05, 4.69) is 11.9 Å². The third kappa shape index (κ3) is 1.03. The van der Waals surface area contributed by atoms with Crippen molar-refractivity contribution in [3.05, 3.63) is 0 Å². The summed E-state index contributed by atoms with van der Waals surface area (Å²) in [7, 11) is 2.06. The first kappa shape index (κ1) is 7.10. The Balaban J connectivity index is 1.98. The van der Waals surface area contributed by atoms with Gasteiger partial charge < -0.3 is 10.0 Å². The maximum Gasteiger partial charge on any atom is 0.307 e. The number of hydrogen-bond donors (Lipinski definition) is 1. The highest BCUT2D eigenvalue weighted by molar-refractivity contribution is 5.74. The Morgan fingerprint density at radius 2 is 2.27 bits per heavy atom. The van der Waals surface area contributed by atoms with E-state index in [9.17, 15) is 4.79 Å². The number of carboxylic acid groups (broad SMARTS) is 1. The first-order valence-electron chi connectivity index (χ1n) is 4.11. The molecule has 3 nitrogen and oxygen atoms in total. The van der Waals surface area contributed by atoms with Gasteiger partial charge in [0.15, 0.2) is 0 Å². The van der Waals surface area contributed by atoms with Gasteiger partial charge >= 0.3 is 5.97 Å². The van der Waals surface area contributed by atoms with Gasteiger partial charge in [-0.3, -0.25) is 4.79 Å². The number of nitrogens with zero attached hydrogens (tertiary/aromatic N) is 1. The highest BCUT2D eigenvalue weighted by Gasteiger charge is 2.56. The summed E-state index contributed by atoms with van der Waals surface area (Å²) in [6, 6.07) is 0. The molecule has 0 radical (unpaired) electrons. The lowest BCUT2D eigenvalue weighted by Gasteiger charge is -2.20. The zero-order chi connectivity index (χ0) is 8.01. The maximum absolute atomic E-state index is 10.6. The van der Waals surface area contributed by atoms with Crippen molar-refractivity contribution < 1.29 is 9.90 Å². The van der Waals surface area contributed by atoms with Gasteiger partial charge in [-0.05, 0) is 31.8 Å². The van der Waals surface area contributed by atoms with E-state index in [1.165, 1.54) is 0 Å². The Hall–Kier alpha value is -0.570. The summed E-state index contributed by atoms with van der Waals surface area (Å²) in [5.74, 6) is 0.366. The number of aliphatic carboxylic acids is 1. The molecule has 2 rings (SSSR count). The van der Waals surface area contributed by atoms with Crippen LogP contribution < -0.4 is 0 Å². The van der Waals surface area contributed by atoms with Crippen molar-refractivity contribution in [3.63, 3.8) is 0 Å². The summed E-state index contributed by atoms with van der Waals surface area (Å²) >= 11 is 0. The zero-order valence-electron chi connectivity index (χ0n) is 6.66. The second kappa shape index (κ2) is 2.21. The summed E-state index contributed by atoms with van der Waals surface area (Å²) in [6.07, 6.45) is 1.08. The number of rotatable bonds is 1. The molecule has 0 spiro atoms. The molecule has 0 aromatic rings. The number of likely N-dealkylation sites (tertiary alicyclic amines) is 1. The minimum Gasteiger partial charge on any atom is -0.481 e. The van der Waals surface area contributed by atoms with E-state index in [4.69, 9.17) is 5.11 Å². The SMILES string of the molecule is CN1CC[C@@H]2[C@H](C1)[C@H]2C(=O)O. The monoisotopic (exact) mass is 155 g/mol. The predicted octanol–water partition coefficient (Wildman–Crippen LogP) is 0.269. The Morgan fingerprint density at radius 1 is 1.55 bits per heavy atom. The molecule has 0 aromatic carbocycles. The zero-order valence-corrected chi connectivity index (χ0v) is 6.66. The molecule has 0 unspecified atom stereocenters. The van der Waals surface area contributed by atoms with Crippen LogP contribution in [0.15, 0.2) is 0 Å². The molecule has 0 bridgehead atoms. The van der Waals surface area contributed by atoms with Gasteiger partial charge in [-0.15, -0.1) is 0 Å². The Morgan fingerprint density at radius 3 is 2.82 bits per heavy atom. The van der Waals surface area contributed by atoms with Gasteiger partial charge in [0, 0.05) is 6.54 Å². The van der Waals surface area contributed by atoms with Gasteiger partial charge in [0.05, 0.1) is 5.92 Å². The van der Waals surface area contributed by atoms with Crippen LogP contribution in [0.25, 0.3) is 0 Å². The molecule has 2 fully saturated rings. The van der Waals surface area contributed by atoms with Gasteiger partial charge in [0.2, 0.25) is 0 Å². The normalized spacial score (nSPS) is 43.2. The van der Waals surface area contributed by atoms with Gasteiger partial charge in [-0.1, -0.05) is 0 Å². The smallest absolute Gasteiger partial charge is 0.307 e. The molecule has 11 heavy (non-hydrogen) atoms. The minimum absolute atomic E-state index is 0.0139. The van der Waals surface area contributed by atoms with Crippen LogP contribution in [0, 0.1) is 17.8 Å². The Bertz CT molecular complexity index is 193. The fraction of sp³-hybridized carbons (Fsp3) is 0.875. The average Bonchev–Trinajstić information content (AvgIpc) is 2.60. The Labute approximate surface area is 66.0 Å². The largest absolute Gasteiger partial charge is 0.481 e. The molecule has 1 aliphatic heterocycles. The molecule has 0 aromatic heterocycles. The molecule has 1 N–H and O–H groups in total. The molecule has 1 saturated heterocycles. The van der Waals surface area contributed by atoms with E-state index in [1.54, 1.807) is 0 Å². The van der Waals surface area contributed by atoms with E-state index >= 15 is 0 Å². The van der Waals surface area contributed by atoms with Crippen LogP contribution in [0.3, 0.4) is 0 Å². The van der Waals surface area contributed by atoms with Crippen LogP contribution in [-0.2, 0) is 4.79 Å². The Kier molecular flexibility index (Phi) is 1.42. The summed E-state index contributed by atoms with van der Waals surface area (Å²) < 4.78 is 0. The highest BCUT2D eigenvalue weighted by atomic mass is 16.4. The van der Waals surface area contributed by atoms with Crippen molar-refractivity contribution in [1.82, 2.24) is 4.90 Å². The number of piperidine rings is 1. The molecule has 1 saturated carbocycles. The molecule has 62 valence electrons. The van der Waals surface area contributed by atoms with Gasteiger partial charge in [0.25, 0.3) is 0 Å². The van der Waals surface area contributed by atoms with Crippen LogP contribution >= 0.6 is 0 Å². The first-order valence-corrected chi connectivity index (χ1v) is 4.11. The number of fused-ring (bicyclic) bond motifs is 1. The minimum atomic E-state index is -0.588. The molecule has 1 heterocycles. The van der Waals surface area contributed by atoms with E-state index in [0.717, 1.165) is 19.5 Å². The molecule has 3 atom stereocenters. The molecular weight excluding hydrogens is 142 g/mol. The van der Waals surface area contributed by atoms with E-state index < -0.39 is 5.97 Å². The van der Waals surface area contributed by atoms with E-state index in [0.29, 0.717) is 11.8 Å². The lowest BCUT2D eigenvalue weighted by molar-refractivity contribution is -0.139. The number of hydrogen-bond acceptors (Lipinski definition) is 2. The van der Waals surface area contributed by atoms with E-state index in [1.807, 2.05) is 0 Å². The van der Waals surface area contributed by atoms with Gasteiger partial charge in [-0.25, -0.2) is 0 Å². The van der Waals surface area contributed by atoms with Crippen molar-refractivity contribution in [2.45, 2.75) is 6.42 Å². The summed E-state index contributed by atoms with van der Waals surface area (Å²) in [5.41, 5.74) is 0. The van der Waals surface area contributed by atoms with Gasteiger partial charge in [0.1, 0.15) is 0 Å². The van der Waals surface area contributed by atoms with Crippen LogP contribution in [0.4, 0.5) is 0 Å². The molecule has 1 aliphatic carbocycles. The molecule has 0 amide bonds. The van der Waals surface area contributed by atoms with Crippen molar-refractivity contribution in [2.75, 3.05) is 20.1 Å². The average molecular weight is 155 g/mol. The topological polar surface area (TPSA) is 40.5 Å². The molecule has 2 aliphatic rings. The van der Waals surface area contributed by atoms with Crippen LogP contribution in [0.1, 0.15) is 6.42 Å². The second-order valence-corrected chi connectivity index (χ2v) is 3.74. The van der Waals surface area contributed by atoms with Crippen LogP contribution in [0.2, 0.25) is 0 Å². The van der Waals surface area contributed by atoms with Gasteiger partial charge in [-0.2, -0.15) is 0 Å². The van der Waals surface area contributed by atoms with Crippen LogP contribution in [-0.4, -0.2) is 36.1 Å². The lowest BCUT2D eigenvalue weighted by atomic mass is 10.1. The standard InChI is InChI=1S/C8H13NO2/c1-9-3-2-5-6(4-9)7(5)8(10)11/h5-7H,2-4H2,1H3,(H,10,11)/t5-,6+,7+/m1/s1. The second-order valence-electron chi connectivity index (χ2n) is 3.74. The van der Waals surface area contributed by atoms with E-state index in [-0.39, 0.29) is 5.92 Å².